The minimum absolute atomic E-state index is 0.831. The van der Waals surface area contributed by atoms with Crippen molar-refractivity contribution >= 4 is 0 Å². The molecular formula is C19H25NO. The van der Waals surface area contributed by atoms with Crippen molar-refractivity contribution in [2.24, 2.45) is 0 Å². The number of hydrogen-bond donors (Lipinski definition) is 1. The molecular weight excluding hydrogens is 258 g/mol. The Morgan fingerprint density at radius 3 is 2.24 bits per heavy atom. The first kappa shape index (κ1) is 15.6. The van der Waals surface area contributed by atoms with Crippen LogP contribution in [-0.4, -0.2) is 13.7 Å². The first-order valence-electron chi connectivity index (χ1n) is 7.52. The summed E-state index contributed by atoms with van der Waals surface area (Å²) in [6.07, 6.45) is 0. The minimum atomic E-state index is 0.831. The Balaban J connectivity index is 2.50. The quantitative estimate of drug-likeness (QED) is 0.878. The van der Waals surface area contributed by atoms with Crippen LogP contribution in [0.25, 0.3) is 11.1 Å². The fourth-order valence-corrected chi connectivity index (χ4v) is 2.97. The molecule has 2 nitrogen and oxygen atoms in total. The Hall–Kier alpha value is -1.80. The second-order valence-electron chi connectivity index (χ2n) is 5.58. The minimum Gasteiger partial charge on any atom is -0.496 e. The van der Waals surface area contributed by atoms with Gasteiger partial charge >= 0.3 is 0 Å². The van der Waals surface area contributed by atoms with Crippen molar-refractivity contribution in [2.75, 3.05) is 13.7 Å². The molecule has 112 valence electrons. The Morgan fingerprint density at radius 2 is 1.67 bits per heavy atom. The molecule has 0 heterocycles. The summed E-state index contributed by atoms with van der Waals surface area (Å²) in [6.45, 7) is 10.4. The lowest BCUT2D eigenvalue weighted by Crippen LogP contribution is -2.12. The number of benzene rings is 2. The van der Waals surface area contributed by atoms with Gasteiger partial charge in [-0.25, -0.2) is 0 Å². The molecule has 0 bridgehead atoms. The van der Waals surface area contributed by atoms with Gasteiger partial charge in [0.1, 0.15) is 5.75 Å². The Labute approximate surface area is 128 Å². The maximum absolute atomic E-state index is 5.47. The van der Waals surface area contributed by atoms with E-state index in [1.807, 2.05) is 0 Å². The summed E-state index contributed by atoms with van der Waals surface area (Å²) < 4.78 is 5.47. The van der Waals surface area contributed by atoms with Gasteiger partial charge in [-0.15, -0.1) is 0 Å². The average Bonchev–Trinajstić information content (AvgIpc) is 2.44. The lowest BCUT2D eigenvalue weighted by atomic mass is 9.92. The number of nitrogens with one attached hydrogen (secondary N) is 1. The third kappa shape index (κ3) is 3.45. The zero-order chi connectivity index (χ0) is 15.4. The van der Waals surface area contributed by atoms with E-state index in [1.165, 1.54) is 33.4 Å². The van der Waals surface area contributed by atoms with Gasteiger partial charge in [-0.2, -0.15) is 0 Å². The smallest absolute Gasteiger partial charge is 0.123 e. The molecule has 0 saturated carbocycles. The zero-order valence-electron chi connectivity index (χ0n) is 13.7. The Morgan fingerprint density at radius 1 is 1.00 bits per heavy atom. The van der Waals surface area contributed by atoms with E-state index in [4.69, 9.17) is 4.74 Å². The lowest BCUT2D eigenvalue weighted by molar-refractivity contribution is 0.408. The van der Waals surface area contributed by atoms with Crippen molar-refractivity contribution < 1.29 is 4.74 Å². The summed E-state index contributed by atoms with van der Waals surface area (Å²) in [5.74, 6) is 0.946. The molecule has 0 atom stereocenters. The van der Waals surface area contributed by atoms with Crippen molar-refractivity contribution in [1.29, 1.82) is 0 Å². The molecule has 2 heteroatoms. The normalized spacial score (nSPS) is 10.7. The van der Waals surface area contributed by atoms with E-state index in [1.54, 1.807) is 7.11 Å². The molecule has 0 aliphatic carbocycles. The van der Waals surface area contributed by atoms with Crippen molar-refractivity contribution in [2.45, 2.75) is 34.2 Å². The molecule has 2 aromatic rings. The predicted molar refractivity (Wildman–Crippen MR) is 90.0 cm³/mol. The van der Waals surface area contributed by atoms with Crippen molar-refractivity contribution in [3.8, 4) is 16.9 Å². The molecule has 0 amide bonds. The highest BCUT2D eigenvalue weighted by molar-refractivity contribution is 5.72. The van der Waals surface area contributed by atoms with Crippen molar-refractivity contribution in [1.82, 2.24) is 5.32 Å². The van der Waals surface area contributed by atoms with Crippen LogP contribution in [0.2, 0.25) is 0 Å². The van der Waals surface area contributed by atoms with Crippen LogP contribution in [0.1, 0.15) is 29.2 Å². The molecule has 0 fully saturated rings. The largest absolute Gasteiger partial charge is 0.496 e. The molecule has 0 aliphatic rings. The molecule has 0 spiro atoms. The molecule has 0 saturated heterocycles. The van der Waals surface area contributed by atoms with Crippen LogP contribution in [0.15, 0.2) is 30.3 Å². The number of methoxy groups -OCH3 is 1. The summed E-state index contributed by atoms with van der Waals surface area (Å²) in [6, 6.07) is 11.0. The van der Waals surface area contributed by atoms with E-state index in [-0.39, 0.29) is 0 Å². The highest BCUT2D eigenvalue weighted by atomic mass is 16.5. The maximum Gasteiger partial charge on any atom is 0.123 e. The van der Waals surface area contributed by atoms with E-state index in [0.717, 1.165) is 18.8 Å². The van der Waals surface area contributed by atoms with E-state index in [9.17, 15) is 0 Å². The molecule has 2 aromatic carbocycles. The van der Waals surface area contributed by atoms with Gasteiger partial charge in [-0.1, -0.05) is 30.7 Å². The third-order valence-electron chi connectivity index (χ3n) is 3.81. The van der Waals surface area contributed by atoms with Crippen LogP contribution >= 0.6 is 0 Å². The van der Waals surface area contributed by atoms with Gasteiger partial charge in [-0.05, 0) is 61.7 Å². The molecule has 21 heavy (non-hydrogen) atoms. The fraction of sp³-hybridized carbons (Fsp3) is 0.368. The highest BCUT2D eigenvalue weighted by Gasteiger charge is 2.10. The van der Waals surface area contributed by atoms with E-state index < -0.39 is 0 Å². The topological polar surface area (TPSA) is 21.3 Å². The molecule has 0 aliphatic heterocycles. The number of hydrogen-bond acceptors (Lipinski definition) is 2. The highest BCUT2D eigenvalue weighted by Crippen LogP contribution is 2.31. The van der Waals surface area contributed by atoms with Gasteiger partial charge in [0.15, 0.2) is 0 Å². The maximum atomic E-state index is 5.47. The second-order valence-corrected chi connectivity index (χ2v) is 5.58. The van der Waals surface area contributed by atoms with Crippen molar-refractivity contribution in [3.63, 3.8) is 0 Å². The van der Waals surface area contributed by atoms with Crippen LogP contribution in [0, 0.1) is 20.8 Å². The van der Waals surface area contributed by atoms with Crippen LogP contribution in [-0.2, 0) is 6.54 Å². The van der Waals surface area contributed by atoms with Gasteiger partial charge in [-0.3, -0.25) is 0 Å². The van der Waals surface area contributed by atoms with Crippen molar-refractivity contribution in [3.05, 3.63) is 52.6 Å². The molecule has 1 N–H and O–H groups in total. The lowest BCUT2D eigenvalue weighted by Gasteiger charge is -2.15. The summed E-state index contributed by atoms with van der Waals surface area (Å²) in [5, 5.41) is 3.38. The van der Waals surface area contributed by atoms with Gasteiger partial charge in [0.2, 0.25) is 0 Å². The summed E-state index contributed by atoms with van der Waals surface area (Å²) in [7, 11) is 1.73. The number of rotatable bonds is 5. The second kappa shape index (κ2) is 6.77. The van der Waals surface area contributed by atoms with E-state index >= 15 is 0 Å². The molecule has 0 unspecified atom stereocenters. The van der Waals surface area contributed by atoms with Gasteiger partial charge in [0.05, 0.1) is 7.11 Å². The average molecular weight is 283 g/mol. The standard InChI is InChI=1S/C19H25NO/c1-6-20-12-17-11-16(7-8-18(17)21-5)19-14(3)9-13(2)10-15(19)4/h7-11,20H,6,12H2,1-5H3. The van der Waals surface area contributed by atoms with Gasteiger partial charge < -0.3 is 10.1 Å². The molecule has 2 rings (SSSR count). The van der Waals surface area contributed by atoms with Crippen LogP contribution < -0.4 is 10.1 Å². The van der Waals surface area contributed by atoms with E-state index in [0.29, 0.717) is 0 Å². The van der Waals surface area contributed by atoms with Crippen LogP contribution in [0.5, 0.6) is 5.75 Å². The third-order valence-corrected chi connectivity index (χ3v) is 3.81. The SMILES string of the molecule is CCNCc1cc(-c2c(C)cc(C)cc2C)ccc1OC. The summed E-state index contributed by atoms with van der Waals surface area (Å²) >= 11 is 0. The van der Waals surface area contributed by atoms with Crippen LogP contribution in [0.3, 0.4) is 0 Å². The Kier molecular flexibility index (Phi) is 5.03. The number of ether oxygens (including phenoxy) is 1. The van der Waals surface area contributed by atoms with E-state index in [2.05, 4.69) is 63.3 Å². The summed E-state index contributed by atoms with van der Waals surface area (Å²) in [4.78, 5) is 0. The zero-order valence-corrected chi connectivity index (χ0v) is 13.7. The van der Waals surface area contributed by atoms with Gasteiger partial charge in [0.25, 0.3) is 0 Å². The summed E-state index contributed by atoms with van der Waals surface area (Å²) in [5.41, 5.74) is 7.77. The molecule has 0 radical (unpaired) electrons. The molecule has 0 aromatic heterocycles. The van der Waals surface area contributed by atoms with Gasteiger partial charge in [0, 0.05) is 12.1 Å². The monoisotopic (exact) mass is 283 g/mol. The first-order valence-corrected chi connectivity index (χ1v) is 7.52. The predicted octanol–water partition coefficient (Wildman–Crippen LogP) is 4.40. The number of aryl methyl sites for hydroxylation is 3. The fourth-order valence-electron chi connectivity index (χ4n) is 2.97. The Bertz CT molecular complexity index is 608. The van der Waals surface area contributed by atoms with Crippen LogP contribution in [0.4, 0.5) is 0 Å². The first-order chi connectivity index (χ1) is 10.1.